The average Bonchev–Trinajstić information content (AvgIpc) is 3.01. The van der Waals surface area contributed by atoms with E-state index in [1.54, 1.807) is 11.0 Å². The number of amides is 1. The van der Waals surface area contributed by atoms with E-state index in [1.165, 1.54) is 34.0 Å². The molecule has 28 heavy (non-hydrogen) atoms. The molecule has 0 spiro atoms. The van der Waals surface area contributed by atoms with Gasteiger partial charge < -0.3 is 5.11 Å². The summed E-state index contributed by atoms with van der Waals surface area (Å²) in [6.45, 7) is 6.25. The van der Waals surface area contributed by atoms with Gasteiger partial charge in [-0.15, -0.1) is 0 Å². The average molecular weight is 412 g/mol. The molecule has 0 aliphatic carbocycles. The first-order chi connectivity index (χ1) is 13.4. The molecule has 0 radical (unpaired) electrons. The van der Waals surface area contributed by atoms with Crippen LogP contribution in [0.4, 0.5) is 0 Å². The molecular weight excluding hydrogens is 386 g/mol. The number of carbonyl (C=O) groups is 1. The standard InChI is InChI=1S/C23H25NO2S2/c1-15-11-16(2)22(17(3)12-15)20-14-28-23(27)24(20)21(26)13-19(25)10-9-18-7-5-4-6-8-18/h4-12,19-20,25H,13-14H2,1-3H3/b10-9+/t19-,20+/m0/s1. The van der Waals surface area contributed by atoms with Gasteiger partial charge >= 0.3 is 0 Å². The lowest BCUT2D eigenvalue weighted by Gasteiger charge is -2.27. The lowest BCUT2D eigenvalue weighted by Crippen LogP contribution is -2.36. The zero-order valence-electron chi connectivity index (χ0n) is 16.4. The Balaban J connectivity index is 1.76. The smallest absolute Gasteiger partial charge is 0.231 e. The summed E-state index contributed by atoms with van der Waals surface area (Å²) in [5, 5.41) is 10.3. The quantitative estimate of drug-likeness (QED) is 0.705. The molecule has 1 heterocycles. The first kappa shape index (κ1) is 20.8. The number of aryl methyl sites for hydroxylation is 3. The second-order valence-corrected chi connectivity index (χ2v) is 8.86. The van der Waals surface area contributed by atoms with Crippen molar-refractivity contribution in [2.45, 2.75) is 39.3 Å². The number of hydrogen-bond acceptors (Lipinski definition) is 4. The highest BCUT2D eigenvalue weighted by Gasteiger charge is 2.36. The molecule has 2 aromatic rings. The fourth-order valence-corrected chi connectivity index (χ4v) is 5.18. The number of benzene rings is 2. The largest absolute Gasteiger partial charge is 0.388 e. The van der Waals surface area contributed by atoms with E-state index < -0.39 is 6.10 Å². The van der Waals surface area contributed by atoms with Gasteiger partial charge in [0.15, 0.2) is 0 Å². The van der Waals surface area contributed by atoms with Crippen LogP contribution in [0.3, 0.4) is 0 Å². The molecule has 3 nitrogen and oxygen atoms in total. The molecule has 1 fully saturated rings. The van der Waals surface area contributed by atoms with Crippen molar-refractivity contribution >= 4 is 40.3 Å². The van der Waals surface area contributed by atoms with Crippen molar-refractivity contribution in [1.29, 1.82) is 0 Å². The molecule has 1 amide bonds. The van der Waals surface area contributed by atoms with Gasteiger partial charge in [0.2, 0.25) is 5.91 Å². The van der Waals surface area contributed by atoms with E-state index in [4.69, 9.17) is 12.2 Å². The number of aliphatic hydroxyl groups excluding tert-OH is 1. The van der Waals surface area contributed by atoms with Crippen molar-refractivity contribution in [1.82, 2.24) is 4.90 Å². The molecule has 1 saturated heterocycles. The van der Waals surface area contributed by atoms with Gasteiger partial charge in [0.25, 0.3) is 0 Å². The lowest BCUT2D eigenvalue weighted by molar-refractivity contribution is -0.129. The summed E-state index contributed by atoms with van der Waals surface area (Å²) in [4.78, 5) is 14.7. The van der Waals surface area contributed by atoms with Crippen LogP contribution in [-0.2, 0) is 4.79 Å². The Bertz CT molecular complexity index is 885. The Morgan fingerprint density at radius 2 is 1.89 bits per heavy atom. The summed E-state index contributed by atoms with van der Waals surface area (Å²) < 4.78 is 0.591. The zero-order chi connectivity index (χ0) is 20.3. The van der Waals surface area contributed by atoms with E-state index >= 15 is 0 Å². The number of hydrogen-bond donors (Lipinski definition) is 1. The molecule has 0 saturated carbocycles. The van der Waals surface area contributed by atoms with E-state index in [9.17, 15) is 9.90 Å². The molecule has 2 aromatic carbocycles. The van der Waals surface area contributed by atoms with Gasteiger partial charge in [0.05, 0.1) is 18.6 Å². The van der Waals surface area contributed by atoms with Gasteiger partial charge in [-0.3, -0.25) is 9.69 Å². The van der Waals surface area contributed by atoms with Crippen LogP contribution in [0.25, 0.3) is 6.08 Å². The normalized spacial score (nSPS) is 18.1. The fraction of sp³-hybridized carbons (Fsp3) is 0.304. The van der Waals surface area contributed by atoms with Gasteiger partial charge in [0.1, 0.15) is 4.32 Å². The summed E-state index contributed by atoms with van der Waals surface area (Å²) in [5.74, 6) is 0.621. The van der Waals surface area contributed by atoms with Crippen LogP contribution in [-0.4, -0.2) is 32.1 Å². The second kappa shape index (κ2) is 9.03. The SMILES string of the molecule is Cc1cc(C)c([C@H]2CSC(=S)N2C(=O)C[C@@H](O)/C=C/c2ccccc2)c(C)c1. The molecule has 0 unspecified atom stereocenters. The summed E-state index contributed by atoms with van der Waals surface area (Å²) in [7, 11) is 0. The van der Waals surface area contributed by atoms with Gasteiger partial charge in [-0.25, -0.2) is 0 Å². The van der Waals surface area contributed by atoms with Gasteiger partial charge in [-0.2, -0.15) is 0 Å². The van der Waals surface area contributed by atoms with Crippen LogP contribution in [0.5, 0.6) is 0 Å². The number of nitrogens with zero attached hydrogens (tertiary/aromatic N) is 1. The monoisotopic (exact) mass is 411 g/mol. The number of carbonyl (C=O) groups excluding carboxylic acids is 1. The molecule has 0 bridgehead atoms. The fourth-order valence-electron chi connectivity index (χ4n) is 3.76. The summed E-state index contributed by atoms with van der Waals surface area (Å²) in [6.07, 6.45) is 2.67. The molecular formula is C23H25NO2S2. The molecule has 146 valence electrons. The number of thioether (sulfide) groups is 1. The second-order valence-electron chi connectivity index (χ2n) is 7.21. The number of aliphatic hydroxyl groups is 1. The predicted molar refractivity (Wildman–Crippen MR) is 121 cm³/mol. The number of rotatable bonds is 5. The Kier molecular flexibility index (Phi) is 6.70. The van der Waals surface area contributed by atoms with Crippen LogP contribution in [0.1, 0.15) is 40.3 Å². The molecule has 1 aliphatic rings. The maximum absolute atomic E-state index is 13.0. The van der Waals surface area contributed by atoms with Crippen LogP contribution >= 0.6 is 24.0 Å². The predicted octanol–water partition coefficient (Wildman–Crippen LogP) is 4.98. The molecule has 1 N–H and O–H groups in total. The van der Waals surface area contributed by atoms with E-state index in [0.717, 1.165) is 11.3 Å². The molecule has 3 rings (SSSR count). The first-order valence-electron chi connectivity index (χ1n) is 9.34. The highest BCUT2D eigenvalue weighted by molar-refractivity contribution is 8.23. The first-order valence-corrected chi connectivity index (χ1v) is 10.7. The van der Waals surface area contributed by atoms with Crippen molar-refractivity contribution in [3.8, 4) is 0 Å². The van der Waals surface area contributed by atoms with E-state index in [2.05, 4.69) is 32.9 Å². The Labute approximate surface area is 176 Å². The van der Waals surface area contributed by atoms with Crippen LogP contribution < -0.4 is 0 Å². The third-order valence-corrected chi connectivity index (χ3v) is 6.38. The van der Waals surface area contributed by atoms with Crippen molar-refractivity contribution < 1.29 is 9.90 Å². The van der Waals surface area contributed by atoms with Gasteiger partial charge in [0, 0.05) is 5.75 Å². The zero-order valence-corrected chi connectivity index (χ0v) is 18.0. The highest BCUT2D eigenvalue weighted by Crippen LogP contribution is 2.39. The van der Waals surface area contributed by atoms with Crippen molar-refractivity contribution in [3.05, 3.63) is 76.4 Å². The Morgan fingerprint density at radius 1 is 1.25 bits per heavy atom. The van der Waals surface area contributed by atoms with E-state index in [0.29, 0.717) is 4.32 Å². The van der Waals surface area contributed by atoms with Gasteiger partial charge in [-0.1, -0.05) is 84.2 Å². The minimum atomic E-state index is -0.845. The van der Waals surface area contributed by atoms with E-state index in [1.807, 2.05) is 36.4 Å². The summed E-state index contributed by atoms with van der Waals surface area (Å²) in [6, 6.07) is 14.0. The maximum atomic E-state index is 13.0. The lowest BCUT2D eigenvalue weighted by atomic mass is 9.94. The third-order valence-electron chi connectivity index (χ3n) is 4.91. The maximum Gasteiger partial charge on any atom is 0.231 e. The van der Waals surface area contributed by atoms with Crippen molar-refractivity contribution in [2.75, 3.05) is 5.75 Å². The van der Waals surface area contributed by atoms with E-state index in [-0.39, 0.29) is 18.4 Å². The van der Waals surface area contributed by atoms with Crippen LogP contribution in [0.15, 0.2) is 48.5 Å². The van der Waals surface area contributed by atoms with Gasteiger partial charge in [-0.05, 0) is 43.0 Å². The number of thiocarbonyl (C=S) groups is 1. The Morgan fingerprint density at radius 3 is 2.54 bits per heavy atom. The molecule has 0 aromatic heterocycles. The molecule has 2 atom stereocenters. The summed E-state index contributed by atoms with van der Waals surface area (Å²) >= 11 is 7.00. The van der Waals surface area contributed by atoms with Crippen LogP contribution in [0.2, 0.25) is 0 Å². The minimum Gasteiger partial charge on any atom is -0.388 e. The Hall–Kier alpha value is -1.95. The summed E-state index contributed by atoms with van der Waals surface area (Å²) in [5.41, 5.74) is 5.72. The van der Waals surface area contributed by atoms with Crippen molar-refractivity contribution in [3.63, 3.8) is 0 Å². The molecule has 5 heteroatoms. The molecule has 1 aliphatic heterocycles. The topological polar surface area (TPSA) is 40.5 Å². The third kappa shape index (κ3) is 4.72. The minimum absolute atomic E-state index is 0.0183. The van der Waals surface area contributed by atoms with Crippen LogP contribution in [0, 0.1) is 20.8 Å². The highest BCUT2D eigenvalue weighted by atomic mass is 32.2. The van der Waals surface area contributed by atoms with Crippen molar-refractivity contribution in [2.24, 2.45) is 0 Å².